The highest BCUT2D eigenvalue weighted by Gasteiger charge is 2.30. The molecule has 1 amide bonds. The van der Waals surface area contributed by atoms with Gasteiger partial charge in [-0.3, -0.25) is 4.79 Å². The van der Waals surface area contributed by atoms with Crippen LogP contribution in [0.5, 0.6) is 0 Å². The van der Waals surface area contributed by atoms with Gasteiger partial charge in [-0.05, 0) is 26.0 Å². The Kier molecular flexibility index (Phi) is 2.29. The van der Waals surface area contributed by atoms with Crippen molar-refractivity contribution >= 4 is 5.91 Å². The molecule has 0 bridgehead atoms. The molecule has 1 unspecified atom stereocenters. The van der Waals surface area contributed by atoms with E-state index in [1.54, 1.807) is 6.07 Å². The summed E-state index contributed by atoms with van der Waals surface area (Å²) in [7, 11) is 0. The highest BCUT2D eigenvalue weighted by atomic mass is 16.3. The number of carbonyl (C=O) groups excluding carboxylic acids is 1. The number of nitrogens with one attached hydrogen (secondary N) is 2. The SMILES string of the molecule is CC1(NC(=O)c2ccoc2)CCNC1. The van der Waals surface area contributed by atoms with E-state index in [9.17, 15) is 4.79 Å². The minimum Gasteiger partial charge on any atom is -0.472 e. The molecule has 1 fully saturated rings. The van der Waals surface area contributed by atoms with E-state index in [0.29, 0.717) is 5.56 Å². The van der Waals surface area contributed by atoms with Crippen molar-refractivity contribution < 1.29 is 9.21 Å². The number of hydrogen-bond donors (Lipinski definition) is 2. The van der Waals surface area contributed by atoms with Crippen molar-refractivity contribution in [3.05, 3.63) is 24.2 Å². The molecule has 2 N–H and O–H groups in total. The molecule has 76 valence electrons. The summed E-state index contributed by atoms with van der Waals surface area (Å²) in [6, 6.07) is 1.67. The van der Waals surface area contributed by atoms with Gasteiger partial charge in [-0.2, -0.15) is 0 Å². The zero-order valence-corrected chi connectivity index (χ0v) is 8.17. The first-order valence-electron chi connectivity index (χ1n) is 4.75. The van der Waals surface area contributed by atoms with Crippen LogP contribution in [0.4, 0.5) is 0 Å². The molecule has 1 atom stereocenters. The Morgan fingerprint density at radius 2 is 2.57 bits per heavy atom. The molecule has 0 saturated carbocycles. The normalized spacial score (nSPS) is 26.4. The van der Waals surface area contributed by atoms with Gasteiger partial charge >= 0.3 is 0 Å². The first-order valence-corrected chi connectivity index (χ1v) is 4.75. The fraction of sp³-hybridized carbons (Fsp3) is 0.500. The largest absolute Gasteiger partial charge is 0.472 e. The van der Waals surface area contributed by atoms with Crippen LogP contribution >= 0.6 is 0 Å². The molecule has 1 aliphatic rings. The number of hydrogen-bond acceptors (Lipinski definition) is 3. The van der Waals surface area contributed by atoms with Gasteiger partial charge in [0.05, 0.1) is 17.4 Å². The predicted molar refractivity (Wildman–Crippen MR) is 52.1 cm³/mol. The molecule has 1 aromatic rings. The van der Waals surface area contributed by atoms with Gasteiger partial charge in [-0.1, -0.05) is 0 Å². The Morgan fingerprint density at radius 1 is 1.71 bits per heavy atom. The summed E-state index contributed by atoms with van der Waals surface area (Å²) in [6.45, 7) is 3.84. The molecule has 2 rings (SSSR count). The molecule has 4 nitrogen and oxygen atoms in total. The van der Waals surface area contributed by atoms with Crippen molar-refractivity contribution in [3.63, 3.8) is 0 Å². The molecular weight excluding hydrogens is 180 g/mol. The Bertz CT molecular complexity index is 313. The van der Waals surface area contributed by atoms with E-state index in [1.807, 2.05) is 6.92 Å². The smallest absolute Gasteiger partial charge is 0.254 e. The maximum absolute atomic E-state index is 11.7. The second-order valence-electron chi connectivity index (χ2n) is 3.95. The van der Waals surface area contributed by atoms with Crippen LogP contribution in [0.1, 0.15) is 23.7 Å². The van der Waals surface area contributed by atoms with E-state index < -0.39 is 0 Å². The third kappa shape index (κ3) is 1.80. The lowest BCUT2D eigenvalue weighted by Crippen LogP contribution is -2.47. The van der Waals surface area contributed by atoms with E-state index in [-0.39, 0.29) is 11.4 Å². The van der Waals surface area contributed by atoms with Crippen molar-refractivity contribution in [2.24, 2.45) is 0 Å². The van der Waals surface area contributed by atoms with Crippen LogP contribution in [-0.2, 0) is 0 Å². The molecule has 0 spiro atoms. The van der Waals surface area contributed by atoms with Gasteiger partial charge in [0, 0.05) is 6.54 Å². The van der Waals surface area contributed by atoms with Crippen molar-refractivity contribution in [3.8, 4) is 0 Å². The summed E-state index contributed by atoms with van der Waals surface area (Å²) < 4.78 is 4.86. The van der Waals surface area contributed by atoms with Crippen LogP contribution in [0.3, 0.4) is 0 Å². The van der Waals surface area contributed by atoms with Gasteiger partial charge in [0.25, 0.3) is 5.91 Å². The standard InChI is InChI=1S/C10H14N2O2/c1-10(3-4-11-7-10)12-9(13)8-2-5-14-6-8/h2,5-6,11H,3-4,7H2,1H3,(H,12,13). The molecule has 14 heavy (non-hydrogen) atoms. The minimum absolute atomic E-state index is 0.0649. The number of amides is 1. The van der Waals surface area contributed by atoms with Crippen LogP contribution < -0.4 is 10.6 Å². The molecule has 1 aromatic heterocycles. The summed E-state index contributed by atoms with van der Waals surface area (Å²) >= 11 is 0. The predicted octanol–water partition coefficient (Wildman–Crippen LogP) is 0.761. The van der Waals surface area contributed by atoms with Crippen molar-refractivity contribution in [2.75, 3.05) is 13.1 Å². The molecule has 2 heterocycles. The first-order chi connectivity index (χ1) is 6.70. The van der Waals surface area contributed by atoms with E-state index in [4.69, 9.17) is 4.42 Å². The molecular formula is C10H14N2O2. The minimum atomic E-state index is -0.117. The Balaban J connectivity index is 2.01. The Hall–Kier alpha value is -1.29. The van der Waals surface area contributed by atoms with Gasteiger partial charge in [0.1, 0.15) is 6.26 Å². The maximum Gasteiger partial charge on any atom is 0.254 e. The quantitative estimate of drug-likeness (QED) is 0.730. The molecule has 4 heteroatoms. The highest BCUT2D eigenvalue weighted by Crippen LogP contribution is 2.14. The fourth-order valence-corrected chi connectivity index (χ4v) is 1.66. The number of carbonyl (C=O) groups is 1. The van der Waals surface area contributed by atoms with E-state index in [1.165, 1.54) is 12.5 Å². The summed E-state index contributed by atoms with van der Waals surface area (Å²) in [5, 5.41) is 6.22. The third-order valence-electron chi connectivity index (χ3n) is 2.57. The van der Waals surface area contributed by atoms with E-state index in [0.717, 1.165) is 19.5 Å². The van der Waals surface area contributed by atoms with Crippen LogP contribution in [0, 0.1) is 0 Å². The average Bonchev–Trinajstić information content (AvgIpc) is 2.74. The van der Waals surface area contributed by atoms with Gasteiger partial charge < -0.3 is 15.1 Å². The van der Waals surface area contributed by atoms with Gasteiger partial charge in [0.2, 0.25) is 0 Å². The molecule has 0 radical (unpaired) electrons. The molecule has 0 aromatic carbocycles. The summed E-state index contributed by atoms with van der Waals surface area (Å²) in [6.07, 6.45) is 3.93. The zero-order valence-electron chi connectivity index (χ0n) is 8.17. The second-order valence-corrected chi connectivity index (χ2v) is 3.95. The fourth-order valence-electron chi connectivity index (χ4n) is 1.66. The van der Waals surface area contributed by atoms with Gasteiger partial charge in [0.15, 0.2) is 0 Å². The number of furan rings is 1. The zero-order chi connectivity index (χ0) is 10.0. The van der Waals surface area contributed by atoms with Gasteiger partial charge in [-0.25, -0.2) is 0 Å². The van der Waals surface area contributed by atoms with Crippen LogP contribution in [0.2, 0.25) is 0 Å². The van der Waals surface area contributed by atoms with Crippen molar-refractivity contribution in [1.29, 1.82) is 0 Å². The first kappa shape index (κ1) is 9.27. The lowest BCUT2D eigenvalue weighted by atomic mass is 10.0. The lowest BCUT2D eigenvalue weighted by molar-refractivity contribution is 0.0912. The van der Waals surface area contributed by atoms with Crippen molar-refractivity contribution in [2.45, 2.75) is 18.9 Å². The Morgan fingerprint density at radius 3 is 3.14 bits per heavy atom. The summed E-state index contributed by atoms with van der Waals surface area (Å²) in [4.78, 5) is 11.7. The van der Waals surface area contributed by atoms with E-state index in [2.05, 4.69) is 10.6 Å². The third-order valence-corrected chi connectivity index (χ3v) is 2.57. The highest BCUT2D eigenvalue weighted by molar-refractivity contribution is 5.94. The lowest BCUT2D eigenvalue weighted by Gasteiger charge is -2.23. The molecule has 1 saturated heterocycles. The average molecular weight is 194 g/mol. The Labute approximate surface area is 82.7 Å². The monoisotopic (exact) mass is 194 g/mol. The number of rotatable bonds is 2. The summed E-state index contributed by atoms with van der Waals surface area (Å²) in [5.41, 5.74) is 0.465. The molecule has 1 aliphatic heterocycles. The van der Waals surface area contributed by atoms with Crippen LogP contribution in [0.25, 0.3) is 0 Å². The topological polar surface area (TPSA) is 54.3 Å². The summed E-state index contributed by atoms with van der Waals surface area (Å²) in [5.74, 6) is -0.0649. The maximum atomic E-state index is 11.7. The van der Waals surface area contributed by atoms with Gasteiger partial charge in [-0.15, -0.1) is 0 Å². The van der Waals surface area contributed by atoms with Crippen molar-refractivity contribution in [1.82, 2.24) is 10.6 Å². The van der Waals surface area contributed by atoms with E-state index >= 15 is 0 Å². The van der Waals surface area contributed by atoms with Crippen LogP contribution in [-0.4, -0.2) is 24.5 Å². The van der Waals surface area contributed by atoms with Crippen LogP contribution in [0.15, 0.2) is 23.0 Å². The second kappa shape index (κ2) is 3.46. The molecule has 0 aliphatic carbocycles.